The maximum absolute atomic E-state index is 12.5. The summed E-state index contributed by atoms with van der Waals surface area (Å²) >= 11 is 0. The summed E-state index contributed by atoms with van der Waals surface area (Å²) in [7, 11) is 1.65. The molecule has 3 atom stereocenters. The molecule has 5 rings (SSSR count). The third-order valence-electron chi connectivity index (χ3n) is 7.58. The van der Waals surface area contributed by atoms with Gasteiger partial charge >= 0.3 is 5.69 Å². The molecule has 1 aliphatic rings. The van der Waals surface area contributed by atoms with E-state index in [1.807, 2.05) is 48.5 Å². The highest BCUT2D eigenvalue weighted by molar-refractivity contribution is 5.51. The number of ether oxygens (including phenoxy) is 2. The topological polar surface area (TPSA) is 93.5 Å². The Morgan fingerprint density at radius 1 is 0.947 bits per heavy atom. The Kier molecular flexibility index (Phi) is 7.31. The number of benzene rings is 3. The molecule has 2 heterocycles. The summed E-state index contributed by atoms with van der Waals surface area (Å²) < 4.78 is 13.0. The highest BCUT2D eigenvalue weighted by Gasteiger charge is 2.41. The van der Waals surface area contributed by atoms with Gasteiger partial charge in [0.1, 0.15) is 12.0 Å². The summed E-state index contributed by atoms with van der Waals surface area (Å²) in [4.78, 5) is 26.6. The molecule has 38 heavy (non-hydrogen) atoms. The van der Waals surface area contributed by atoms with Gasteiger partial charge in [-0.1, -0.05) is 72.8 Å². The second-order valence-electron chi connectivity index (χ2n) is 9.82. The zero-order valence-electron chi connectivity index (χ0n) is 21.5. The third kappa shape index (κ3) is 4.83. The zero-order valence-corrected chi connectivity index (χ0v) is 21.5. The summed E-state index contributed by atoms with van der Waals surface area (Å²) in [6, 6.07) is 28.8. The smallest absolute Gasteiger partial charge is 0.330 e. The van der Waals surface area contributed by atoms with Gasteiger partial charge in [0.25, 0.3) is 5.56 Å². The van der Waals surface area contributed by atoms with Crippen molar-refractivity contribution in [2.75, 3.05) is 7.11 Å². The van der Waals surface area contributed by atoms with Crippen LogP contribution in [0.5, 0.6) is 5.75 Å². The fraction of sp³-hybridized carbons (Fsp3) is 0.290. The van der Waals surface area contributed by atoms with Crippen molar-refractivity contribution in [2.45, 2.75) is 50.0 Å². The number of methoxy groups -OCH3 is 1. The van der Waals surface area contributed by atoms with Crippen LogP contribution in [-0.4, -0.2) is 34.0 Å². The number of aromatic nitrogens is 2. The van der Waals surface area contributed by atoms with Crippen LogP contribution in [0.2, 0.25) is 0 Å². The summed E-state index contributed by atoms with van der Waals surface area (Å²) in [6.07, 6.45) is 1.08. The number of nitrogens with one attached hydrogen (secondary N) is 1. The Hall–Kier alpha value is -3.94. The molecule has 0 aliphatic carbocycles. The van der Waals surface area contributed by atoms with E-state index in [1.165, 1.54) is 10.8 Å². The molecule has 0 saturated carbocycles. The molecule has 196 valence electrons. The van der Waals surface area contributed by atoms with Gasteiger partial charge in [-0.3, -0.25) is 14.3 Å². The molecule has 1 saturated heterocycles. The van der Waals surface area contributed by atoms with Gasteiger partial charge in [0.05, 0.1) is 19.3 Å². The molecule has 0 bridgehead atoms. The number of hydrogen-bond acceptors (Lipinski definition) is 5. The number of H-pyrrole nitrogens is 1. The number of aryl methyl sites for hydroxylation is 1. The molecule has 0 amide bonds. The third-order valence-corrected chi connectivity index (χ3v) is 7.58. The van der Waals surface area contributed by atoms with Gasteiger partial charge in [-0.2, -0.15) is 0 Å². The minimum absolute atomic E-state index is 0.266. The zero-order chi connectivity index (χ0) is 26.7. The van der Waals surface area contributed by atoms with E-state index in [1.54, 1.807) is 14.0 Å². The molecule has 7 heteroatoms. The van der Waals surface area contributed by atoms with Gasteiger partial charge in [-0.15, -0.1) is 0 Å². The fourth-order valence-electron chi connectivity index (χ4n) is 5.56. The van der Waals surface area contributed by atoms with Crippen LogP contribution in [0.15, 0.2) is 101 Å². The van der Waals surface area contributed by atoms with Crippen molar-refractivity contribution < 1.29 is 14.6 Å². The molecule has 1 aliphatic heterocycles. The first-order chi connectivity index (χ1) is 18.4. The molecule has 1 aromatic heterocycles. The van der Waals surface area contributed by atoms with Gasteiger partial charge in [0.2, 0.25) is 0 Å². The highest BCUT2D eigenvalue weighted by atomic mass is 16.5. The quantitative estimate of drug-likeness (QED) is 0.343. The second-order valence-corrected chi connectivity index (χ2v) is 9.82. The van der Waals surface area contributed by atoms with Crippen LogP contribution in [0, 0.1) is 6.92 Å². The van der Waals surface area contributed by atoms with Crippen molar-refractivity contribution in [2.24, 2.45) is 0 Å². The Bertz CT molecular complexity index is 1440. The summed E-state index contributed by atoms with van der Waals surface area (Å²) in [6.45, 7) is 1.64. The van der Waals surface area contributed by atoms with E-state index in [0.29, 0.717) is 18.4 Å². The standard InChI is InChI=1S/C31H32N2O5/c1-21-20-33(30(36)32-29(21)35)28-19-26(34)27(38-28)17-18-31(22-9-5-3-6-10-22,23-11-7-4-8-12-23)24-13-15-25(37-2)16-14-24/h3-16,20,26-28,34H,17-19H2,1-2H3,(H,32,35,36)/t26-,27-,28-/m1/s1. The molecule has 0 unspecified atom stereocenters. The Morgan fingerprint density at radius 2 is 1.53 bits per heavy atom. The van der Waals surface area contributed by atoms with Crippen molar-refractivity contribution in [3.8, 4) is 5.75 Å². The first kappa shape index (κ1) is 25.7. The van der Waals surface area contributed by atoms with Crippen LogP contribution < -0.4 is 16.0 Å². The average Bonchev–Trinajstić information content (AvgIpc) is 3.32. The first-order valence-corrected chi connectivity index (χ1v) is 12.8. The molecule has 0 spiro atoms. The molecule has 3 aromatic carbocycles. The SMILES string of the molecule is COc1ccc(C(CC[C@H]2O[C@@H](n3cc(C)c(=O)[nH]c3=O)C[C@H]2O)(c2ccccc2)c2ccccc2)cc1. The molecule has 7 nitrogen and oxygen atoms in total. The van der Waals surface area contributed by atoms with E-state index in [0.717, 1.165) is 22.4 Å². The van der Waals surface area contributed by atoms with Crippen molar-refractivity contribution in [1.82, 2.24) is 9.55 Å². The predicted octanol–water partition coefficient (Wildman–Crippen LogP) is 4.32. The van der Waals surface area contributed by atoms with Gasteiger partial charge in [0, 0.05) is 23.6 Å². The molecule has 4 aromatic rings. The van der Waals surface area contributed by atoms with E-state index in [2.05, 4.69) is 41.4 Å². The second kappa shape index (κ2) is 10.8. The Balaban J connectivity index is 1.52. The van der Waals surface area contributed by atoms with E-state index < -0.39 is 35.1 Å². The van der Waals surface area contributed by atoms with E-state index in [4.69, 9.17) is 9.47 Å². The van der Waals surface area contributed by atoms with Gasteiger partial charge < -0.3 is 14.6 Å². The monoisotopic (exact) mass is 512 g/mol. The lowest BCUT2D eigenvalue weighted by atomic mass is 9.66. The fourth-order valence-corrected chi connectivity index (χ4v) is 5.56. The van der Waals surface area contributed by atoms with E-state index in [9.17, 15) is 14.7 Å². The number of aliphatic hydroxyl groups is 1. The molecular weight excluding hydrogens is 480 g/mol. The lowest BCUT2D eigenvalue weighted by Crippen LogP contribution is -2.34. The minimum Gasteiger partial charge on any atom is -0.497 e. The first-order valence-electron chi connectivity index (χ1n) is 12.8. The van der Waals surface area contributed by atoms with Crippen LogP contribution in [0.3, 0.4) is 0 Å². The van der Waals surface area contributed by atoms with Crippen molar-refractivity contribution >= 4 is 0 Å². The van der Waals surface area contributed by atoms with Crippen molar-refractivity contribution in [3.05, 3.63) is 134 Å². The van der Waals surface area contributed by atoms with Crippen LogP contribution in [0.1, 0.15) is 47.7 Å². The molecule has 0 radical (unpaired) electrons. The highest BCUT2D eigenvalue weighted by Crippen LogP contribution is 2.45. The minimum atomic E-state index is -0.751. The van der Waals surface area contributed by atoms with E-state index in [-0.39, 0.29) is 6.42 Å². The van der Waals surface area contributed by atoms with Crippen molar-refractivity contribution in [1.29, 1.82) is 0 Å². The van der Waals surface area contributed by atoms with Crippen LogP contribution in [0.25, 0.3) is 0 Å². The number of aromatic amines is 1. The maximum Gasteiger partial charge on any atom is 0.330 e. The number of aliphatic hydroxyl groups excluding tert-OH is 1. The predicted molar refractivity (Wildman–Crippen MR) is 146 cm³/mol. The lowest BCUT2D eigenvalue weighted by Gasteiger charge is -2.37. The van der Waals surface area contributed by atoms with Crippen LogP contribution in [0.4, 0.5) is 0 Å². The maximum atomic E-state index is 12.5. The average molecular weight is 513 g/mol. The lowest BCUT2D eigenvalue weighted by molar-refractivity contribution is -0.0265. The summed E-state index contributed by atoms with van der Waals surface area (Å²) in [5, 5.41) is 11.0. The van der Waals surface area contributed by atoms with Gasteiger partial charge in [-0.25, -0.2) is 4.79 Å². The largest absolute Gasteiger partial charge is 0.497 e. The number of rotatable bonds is 8. The molecular formula is C31H32N2O5. The molecule has 2 N–H and O–H groups in total. The molecule has 1 fully saturated rings. The summed E-state index contributed by atoms with van der Waals surface area (Å²) in [5.74, 6) is 0.780. The number of nitrogens with zero attached hydrogens (tertiary/aromatic N) is 1. The van der Waals surface area contributed by atoms with Crippen LogP contribution in [-0.2, 0) is 10.2 Å². The number of hydrogen-bond donors (Lipinski definition) is 2. The van der Waals surface area contributed by atoms with Gasteiger partial charge in [-0.05, 0) is 48.6 Å². The van der Waals surface area contributed by atoms with Crippen molar-refractivity contribution in [3.63, 3.8) is 0 Å². The Labute approximate surface area is 221 Å². The normalized spacial score (nSPS) is 19.4. The van der Waals surface area contributed by atoms with Gasteiger partial charge in [0.15, 0.2) is 0 Å². The van der Waals surface area contributed by atoms with E-state index >= 15 is 0 Å². The summed E-state index contributed by atoms with van der Waals surface area (Å²) in [5.41, 5.74) is 2.31. The Morgan fingerprint density at radius 3 is 2.11 bits per heavy atom. The van der Waals surface area contributed by atoms with Crippen LogP contribution >= 0.6 is 0 Å².